The van der Waals surface area contributed by atoms with Crippen LogP contribution in [-0.4, -0.2) is 28.9 Å². The predicted octanol–water partition coefficient (Wildman–Crippen LogP) is 3.15. The van der Waals surface area contributed by atoms with E-state index in [0.29, 0.717) is 18.0 Å². The molecular formula is C22H27N3O3. The molecule has 2 N–H and O–H groups in total. The maximum Gasteiger partial charge on any atom is 0.251 e. The van der Waals surface area contributed by atoms with Crippen LogP contribution < -0.4 is 15.4 Å². The summed E-state index contributed by atoms with van der Waals surface area (Å²) in [5.74, 6) is 0.0563. The van der Waals surface area contributed by atoms with Gasteiger partial charge in [-0.15, -0.1) is 0 Å². The number of rotatable bonds is 7. The zero-order valence-corrected chi connectivity index (χ0v) is 16.4. The van der Waals surface area contributed by atoms with Gasteiger partial charge in [0, 0.05) is 23.9 Å². The molecule has 3 rings (SSSR count). The molecule has 1 aliphatic rings. The first-order valence-electron chi connectivity index (χ1n) is 9.78. The summed E-state index contributed by atoms with van der Waals surface area (Å²) in [6, 6.07) is 10.3. The molecule has 0 saturated heterocycles. The standard InChI is InChI=1S/C22H27N3O3/c1-15-7-5-8-17(13-15)21(27)25-16(2)20(26)24-14-18-9-6-12-23-22(18)28-19-10-3-4-11-19/h5-9,12-13,16,19H,3-4,10-11,14H2,1-2H3,(H,24,26)(H,25,27). The van der Waals surface area contributed by atoms with Gasteiger partial charge in [0.15, 0.2) is 0 Å². The molecule has 1 heterocycles. The first kappa shape index (κ1) is 19.9. The van der Waals surface area contributed by atoms with Crippen LogP contribution >= 0.6 is 0 Å². The molecule has 1 saturated carbocycles. The second-order valence-electron chi connectivity index (χ2n) is 7.27. The predicted molar refractivity (Wildman–Crippen MR) is 107 cm³/mol. The molecule has 6 heteroatoms. The highest BCUT2D eigenvalue weighted by Crippen LogP contribution is 2.24. The van der Waals surface area contributed by atoms with Crippen molar-refractivity contribution in [2.45, 2.75) is 58.2 Å². The zero-order chi connectivity index (χ0) is 19.9. The van der Waals surface area contributed by atoms with Crippen molar-refractivity contribution in [1.29, 1.82) is 0 Å². The van der Waals surface area contributed by atoms with Crippen LogP contribution in [-0.2, 0) is 11.3 Å². The molecule has 0 aliphatic heterocycles. The van der Waals surface area contributed by atoms with Gasteiger partial charge in [0.1, 0.15) is 12.1 Å². The summed E-state index contributed by atoms with van der Waals surface area (Å²) in [6.45, 7) is 3.90. The number of benzene rings is 1. The number of hydrogen-bond donors (Lipinski definition) is 2. The van der Waals surface area contributed by atoms with Crippen LogP contribution in [0.15, 0.2) is 42.6 Å². The highest BCUT2D eigenvalue weighted by molar-refractivity contribution is 5.97. The monoisotopic (exact) mass is 381 g/mol. The smallest absolute Gasteiger partial charge is 0.251 e. The first-order chi connectivity index (χ1) is 13.5. The zero-order valence-electron chi connectivity index (χ0n) is 16.4. The summed E-state index contributed by atoms with van der Waals surface area (Å²) in [6.07, 6.45) is 6.36. The molecule has 1 unspecified atom stereocenters. The van der Waals surface area contributed by atoms with Gasteiger partial charge in [-0.05, 0) is 57.7 Å². The van der Waals surface area contributed by atoms with Crippen molar-refractivity contribution in [1.82, 2.24) is 15.6 Å². The number of pyridine rings is 1. The van der Waals surface area contributed by atoms with Gasteiger partial charge in [-0.2, -0.15) is 0 Å². The molecule has 0 bridgehead atoms. The fourth-order valence-corrected chi connectivity index (χ4v) is 3.30. The molecular weight excluding hydrogens is 354 g/mol. The normalized spacial score (nSPS) is 15.1. The number of carbonyl (C=O) groups is 2. The van der Waals surface area contributed by atoms with Gasteiger partial charge >= 0.3 is 0 Å². The average molecular weight is 381 g/mol. The van der Waals surface area contributed by atoms with Gasteiger partial charge in [0.25, 0.3) is 5.91 Å². The van der Waals surface area contributed by atoms with Crippen LogP contribution in [0.2, 0.25) is 0 Å². The summed E-state index contributed by atoms with van der Waals surface area (Å²) < 4.78 is 6.00. The molecule has 28 heavy (non-hydrogen) atoms. The largest absolute Gasteiger partial charge is 0.474 e. The van der Waals surface area contributed by atoms with E-state index >= 15 is 0 Å². The molecule has 2 amide bonds. The van der Waals surface area contributed by atoms with Gasteiger partial charge in [0.2, 0.25) is 11.8 Å². The second-order valence-corrected chi connectivity index (χ2v) is 7.27. The van der Waals surface area contributed by atoms with E-state index < -0.39 is 6.04 Å². The van der Waals surface area contributed by atoms with E-state index in [1.165, 1.54) is 12.8 Å². The summed E-state index contributed by atoms with van der Waals surface area (Å²) >= 11 is 0. The van der Waals surface area contributed by atoms with Crippen LogP contribution in [0.4, 0.5) is 0 Å². The minimum Gasteiger partial charge on any atom is -0.474 e. The molecule has 6 nitrogen and oxygen atoms in total. The topological polar surface area (TPSA) is 80.3 Å². The molecule has 2 aromatic rings. The van der Waals surface area contributed by atoms with Crippen molar-refractivity contribution in [3.8, 4) is 5.88 Å². The molecule has 1 fully saturated rings. The fraction of sp³-hybridized carbons (Fsp3) is 0.409. The first-order valence-corrected chi connectivity index (χ1v) is 9.78. The van der Waals surface area contributed by atoms with E-state index in [1.54, 1.807) is 25.3 Å². The Morgan fingerprint density at radius 3 is 2.75 bits per heavy atom. The lowest BCUT2D eigenvalue weighted by molar-refractivity contribution is -0.122. The number of aryl methyl sites for hydroxylation is 1. The Morgan fingerprint density at radius 1 is 1.21 bits per heavy atom. The summed E-state index contributed by atoms with van der Waals surface area (Å²) in [5.41, 5.74) is 2.37. The van der Waals surface area contributed by atoms with Crippen molar-refractivity contribution in [3.63, 3.8) is 0 Å². The van der Waals surface area contributed by atoms with Crippen LogP contribution in [0.25, 0.3) is 0 Å². The Kier molecular flexibility index (Phi) is 6.63. The molecule has 1 atom stereocenters. The number of hydrogen-bond acceptors (Lipinski definition) is 4. The second kappa shape index (κ2) is 9.35. The molecule has 1 aliphatic carbocycles. The minimum absolute atomic E-state index is 0.205. The van der Waals surface area contributed by atoms with Gasteiger partial charge in [0.05, 0.1) is 0 Å². The lowest BCUT2D eigenvalue weighted by Crippen LogP contribution is -2.44. The van der Waals surface area contributed by atoms with Crippen LogP contribution in [0.5, 0.6) is 5.88 Å². The molecule has 148 valence electrons. The Bertz CT molecular complexity index is 831. The van der Waals surface area contributed by atoms with E-state index in [-0.39, 0.29) is 17.9 Å². The SMILES string of the molecule is Cc1cccc(C(=O)NC(C)C(=O)NCc2cccnc2OC2CCCC2)c1. The molecule has 1 aromatic carbocycles. The van der Waals surface area contributed by atoms with Crippen molar-refractivity contribution in [3.05, 3.63) is 59.3 Å². The lowest BCUT2D eigenvalue weighted by Gasteiger charge is -2.17. The number of ether oxygens (including phenoxy) is 1. The number of nitrogens with one attached hydrogen (secondary N) is 2. The number of amides is 2. The van der Waals surface area contributed by atoms with Crippen LogP contribution in [0.3, 0.4) is 0 Å². The maximum atomic E-state index is 12.4. The summed E-state index contributed by atoms with van der Waals surface area (Å²) in [7, 11) is 0. The minimum atomic E-state index is -0.649. The van der Waals surface area contributed by atoms with Crippen molar-refractivity contribution < 1.29 is 14.3 Å². The van der Waals surface area contributed by atoms with Gasteiger partial charge in [-0.25, -0.2) is 4.98 Å². The number of nitrogens with zero attached hydrogens (tertiary/aromatic N) is 1. The average Bonchev–Trinajstić information content (AvgIpc) is 3.20. The summed E-state index contributed by atoms with van der Waals surface area (Å²) in [4.78, 5) is 29.0. The van der Waals surface area contributed by atoms with Gasteiger partial charge in [-0.1, -0.05) is 23.8 Å². The maximum absolute atomic E-state index is 12.4. The number of aromatic nitrogens is 1. The van der Waals surface area contributed by atoms with Crippen LogP contribution in [0, 0.1) is 6.92 Å². The lowest BCUT2D eigenvalue weighted by atomic mass is 10.1. The van der Waals surface area contributed by atoms with Crippen molar-refractivity contribution in [2.24, 2.45) is 0 Å². The Morgan fingerprint density at radius 2 is 2.00 bits per heavy atom. The quantitative estimate of drug-likeness (QED) is 0.772. The fourth-order valence-electron chi connectivity index (χ4n) is 3.30. The van der Waals surface area contributed by atoms with Crippen LogP contribution in [0.1, 0.15) is 54.1 Å². The molecule has 1 aromatic heterocycles. The molecule has 0 spiro atoms. The third-order valence-electron chi connectivity index (χ3n) is 4.90. The Balaban J connectivity index is 1.54. The van der Waals surface area contributed by atoms with E-state index in [4.69, 9.17) is 4.74 Å². The number of carbonyl (C=O) groups excluding carboxylic acids is 2. The van der Waals surface area contributed by atoms with Gasteiger partial charge < -0.3 is 15.4 Å². The van der Waals surface area contributed by atoms with Gasteiger partial charge in [-0.3, -0.25) is 9.59 Å². The highest BCUT2D eigenvalue weighted by Gasteiger charge is 2.20. The third kappa shape index (κ3) is 5.31. The highest BCUT2D eigenvalue weighted by atomic mass is 16.5. The Hall–Kier alpha value is -2.89. The van der Waals surface area contributed by atoms with E-state index in [9.17, 15) is 9.59 Å². The van der Waals surface area contributed by atoms with E-state index in [1.807, 2.05) is 31.2 Å². The molecule has 0 radical (unpaired) electrons. The van der Waals surface area contributed by atoms with Crippen molar-refractivity contribution >= 4 is 11.8 Å². The summed E-state index contributed by atoms with van der Waals surface area (Å²) in [5, 5.41) is 5.59. The third-order valence-corrected chi connectivity index (χ3v) is 4.90. The van der Waals surface area contributed by atoms with Crippen molar-refractivity contribution in [2.75, 3.05) is 0 Å². The van der Waals surface area contributed by atoms with E-state index in [2.05, 4.69) is 15.6 Å². The van der Waals surface area contributed by atoms with E-state index in [0.717, 1.165) is 24.0 Å². The Labute approximate surface area is 165 Å².